The third kappa shape index (κ3) is 3.95. The summed E-state index contributed by atoms with van der Waals surface area (Å²) in [5.74, 6) is -2.01. The number of anilines is 1. The SMILES string of the molecule is CN1C(CC(C)(C)N(C)C(=O)C(F)(F)F)CC(=O)N1c1ccccc1. The summed E-state index contributed by atoms with van der Waals surface area (Å²) >= 11 is 0. The highest BCUT2D eigenvalue weighted by Gasteiger charge is 2.47. The lowest BCUT2D eigenvalue weighted by Gasteiger charge is -2.39. The molecule has 25 heavy (non-hydrogen) atoms. The van der Waals surface area contributed by atoms with Gasteiger partial charge in [0.25, 0.3) is 0 Å². The predicted octanol–water partition coefficient (Wildman–Crippen LogP) is 2.83. The second-order valence-electron chi connectivity index (χ2n) is 6.85. The summed E-state index contributed by atoms with van der Waals surface area (Å²) in [4.78, 5) is 24.6. The third-order valence-corrected chi connectivity index (χ3v) is 4.68. The highest BCUT2D eigenvalue weighted by molar-refractivity contribution is 5.94. The summed E-state index contributed by atoms with van der Waals surface area (Å²) in [6, 6.07) is 8.74. The van der Waals surface area contributed by atoms with E-state index in [-0.39, 0.29) is 24.8 Å². The molecule has 1 aliphatic heterocycles. The molecule has 0 bridgehead atoms. The molecule has 5 nitrogen and oxygen atoms in total. The van der Waals surface area contributed by atoms with E-state index < -0.39 is 17.6 Å². The van der Waals surface area contributed by atoms with Crippen molar-refractivity contribution in [3.63, 3.8) is 0 Å². The van der Waals surface area contributed by atoms with Gasteiger partial charge in [-0.2, -0.15) is 13.2 Å². The molecule has 1 unspecified atom stereocenters. The fourth-order valence-corrected chi connectivity index (χ4v) is 3.04. The van der Waals surface area contributed by atoms with Gasteiger partial charge in [-0.15, -0.1) is 0 Å². The van der Waals surface area contributed by atoms with Crippen LogP contribution in [0.4, 0.5) is 18.9 Å². The van der Waals surface area contributed by atoms with Gasteiger partial charge in [0.15, 0.2) is 0 Å². The Morgan fingerprint density at radius 3 is 2.32 bits per heavy atom. The summed E-state index contributed by atoms with van der Waals surface area (Å²) in [6.45, 7) is 3.14. The van der Waals surface area contributed by atoms with Gasteiger partial charge in [-0.3, -0.25) is 9.59 Å². The molecule has 138 valence electrons. The first-order valence-corrected chi connectivity index (χ1v) is 7.91. The largest absolute Gasteiger partial charge is 0.471 e. The summed E-state index contributed by atoms with van der Waals surface area (Å²) in [6.07, 6.45) is -4.50. The lowest BCUT2D eigenvalue weighted by Crippen LogP contribution is -2.53. The number of carbonyl (C=O) groups is 2. The van der Waals surface area contributed by atoms with Gasteiger partial charge in [0.05, 0.1) is 5.69 Å². The van der Waals surface area contributed by atoms with Crippen LogP contribution in [-0.4, -0.2) is 53.6 Å². The van der Waals surface area contributed by atoms with E-state index in [0.717, 1.165) is 7.05 Å². The number of nitrogens with zero attached hydrogens (tertiary/aromatic N) is 3. The van der Waals surface area contributed by atoms with E-state index in [9.17, 15) is 22.8 Å². The number of benzene rings is 1. The van der Waals surface area contributed by atoms with Crippen molar-refractivity contribution in [1.29, 1.82) is 0 Å². The second-order valence-corrected chi connectivity index (χ2v) is 6.85. The number of halogens is 3. The van der Waals surface area contributed by atoms with Gasteiger partial charge in [-0.05, 0) is 32.4 Å². The molecule has 1 heterocycles. The molecule has 8 heteroatoms. The van der Waals surface area contributed by atoms with Crippen molar-refractivity contribution in [1.82, 2.24) is 9.91 Å². The standard InChI is InChI=1S/C17H22F3N3O2/c1-16(2,21(3)15(25)17(18,19)20)11-13-10-14(24)23(22(13)4)12-8-6-5-7-9-12/h5-9,13H,10-11H2,1-4H3. The number of hydrogen-bond donors (Lipinski definition) is 0. The molecule has 2 amide bonds. The van der Waals surface area contributed by atoms with Crippen molar-refractivity contribution < 1.29 is 22.8 Å². The number of para-hydroxylation sites is 1. The minimum absolute atomic E-state index is 0.126. The highest BCUT2D eigenvalue weighted by Crippen LogP contribution is 2.33. The Bertz CT molecular complexity index is 646. The van der Waals surface area contributed by atoms with Crippen molar-refractivity contribution in [2.24, 2.45) is 0 Å². The second kappa shape index (κ2) is 6.67. The van der Waals surface area contributed by atoms with E-state index in [1.54, 1.807) is 38.0 Å². The molecule has 1 aliphatic rings. The van der Waals surface area contributed by atoms with Crippen LogP contribution in [0.15, 0.2) is 30.3 Å². The number of alkyl halides is 3. The molecule has 1 saturated heterocycles. The normalized spacial score (nSPS) is 19.4. The Hall–Kier alpha value is -2.09. The molecule has 0 N–H and O–H groups in total. The summed E-state index contributed by atoms with van der Waals surface area (Å²) in [7, 11) is 2.87. The molecule has 1 aromatic rings. The van der Waals surface area contributed by atoms with Gasteiger partial charge in [0.2, 0.25) is 5.91 Å². The lowest BCUT2D eigenvalue weighted by atomic mass is 9.92. The molecule has 0 saturated carbocycles. The van der Waals surface area contributed by atoms with Crippen molar-refractivity contribution in [3.8, 4) is 0 Å². The molecule has 0 aromatic heterocycles. The Kier molecular flexibility index (Phi) is 5.13. The zero-order chi connectivity index (χ0) is 19.0. The van der Waals surface area contributed by atoms with E-state index in [0.29, 0.717) is 10.6 Å². The number of hydrogen-bond acceptors (Lipinski definition) is 3. The number of carbonyl (C=O) groups excluding carboxylic acids is 2. The Morgan fingerprint density at radius 2 is 1.80 bits per heavy atom. The van der Waals surface area contributed by atoms with Crippen molar-refractivity contribution in [2.45, 2.75) is 44.4 Å². The van der Waals surface area contributed by atoms with Crippen LogP contribution in [-0.2, 0) is 9.59 Å². The molecule has 2 rings (SSSR count). The van der Waals surface area contributed by atoms with Crippen LogP contribution in [0.1, 0.15) is 26.7 Å². The first-order valence-electron chi connectivity index (χ1n) is 7.91. The summed E-state index contributed by atoms with van der Waals surface area (Å²) in [5, 5.41) is 3.25. The van der Waals surface area contributed by atoms with Gasteiger partial charge < -0.3 is 4.90 Å². The van der Waals surface area contributed by atoms with Crippen LogP contribution >= 0.6 is 0 Å². The van der Waals surface area contributed by atoms with Gasteiger partial charge >= 0.3 is 12.1 Å². The fraction of sp³-hybridized carbons (Fsp3) is 0.529. The Balaban J connectivity index is 2.15. The zero-order valence-corrected chi connectivity index (χ0v) is 14.7. The molecule has 1 aromatic carbocycles. The van der Waals surface area contributed by atoms with Crippen molar-refractivity contribution in [3.05, 3.63) is 30.3 Å². The maximum absolute atomic E-state index is 12.7. The molecular formula is C17H22F3N3O2. The molecular weight excluding hydrogens is 335 g/mol. The smallest absolute Gasteiger partial charge is 0.333 e. The minimum atomic E-state index is -4.92. The maximum Gasteiger partial charge on any atom is 0.471 e. The topological polar surface area (TPSA) is 43.9 Å². The number of rotatable bonds is 4. The van der Waals surface area contributed by atoms with Crippen LogP contribution in [0.5, 0.6) is 0 Å². The van der Waals surface area contributed by atoms with E-state index in [1.807, 2.05) is 18.2 Å². The monoisotopic (exact) mass is 357 g/mol. The number of hydrazine groups is 1. The van der Waals surface area contributed by atoms with Crippen molar-refractivity contribution >= 4 is 17.5 Å². The maximum atomic E-state index is 12.7. The first-order chi connectivity index (χ1) is 11.4. The molecule has 1 atom stereocenters. The average molecular weight is 357 g/mol. The first kappa shape index (κ1) is 19.2. The van der Waals surface area contributed by atoms with Crippen LogP contribution in [0, 0.1) is 0 Å². The summed E-state index contributed by atoms with van der Waals surface area (Å²) < 4.78 is 38.1. The summed E-state index contributed by atoms with van der Waals surface area (Å²) in [5.41, 5.74) is -0.353. The average Bonchev–Trinajstić information content (AvgIpc) is 2.79. The van der Waals surface area contributed by atoms with Crippen LogP contribution < -0.4 is 5.01 Å². The van der Waals surface area contributed by atoms with E-state index in [2.05, 4.69) is 0 Å². The third-order valence-electron chi connectivity index (χ3n) is 4.68. The van der Waals surface area contributed by atoms with Crippen molar-refractivity contribution in [2.75, 3.05) is 19.1 Å². The minimum Gasteiger partial charge on any atom is -0.333 e. The van der Waals surface area contributed by atoms with E-state index in [4.69, 9.17) is 0 Å². The van der Waals surface area contributed by atoms with E-state index in [1.165, 1.54) is 5.01 Å². The molecule has 1 fully saturated rings. The van der Waals surface area contributed by atoms with Crippen LogP contribution in [0.2, 0.25) is 0 Å². The molecule has 0 radical (unpaired) electrons. The van der Waals surface area contributed by atoms with Crippen LogP contribution in [0.3, 0.4) is 0 Å². The van der Waals surface area contributed by atoms with E-state index >= 15 is 0 Å². The Labute approximate surface area is 145 Å². The van der Waals surface area contributed by atoms with Gasteiger partial charge in [0.1, 0.15) is 0 Å². The fourth-order valence-electron chi connectivity index (χ4n) is 3.04. The molecule has 0 spiro atoms. The van der Waals surface area contributed by atoms with Gasteiger partial charge in [-0.1, -0.05) is 18.2 Å². The zero-order valence-electron chi connectivity index (χ0n) is 14.7. The van der Waals surface area contributed by atoms with Crippen LogP contribution in [0.25, 0.3) is 0 Å². The predicted molar refractivity (Wildman–Crippen MR) is 87.6 cm³/mol. The Morgan fingerprint density at radius 1 is 1.24 bits per heavy atom. The molecule has 0 aliphatic carbocycles. The quantitative estimate of drug-likeness (QED) is 0.832. The highest BCUT2D eigenvalue weighted by atomic mass is 19.4. The van der Waals surface area contributed by atoms with Gasteiger partial charge in [0, 0.05) is 32.1 Å². The lowest BCUT2D eigenvalue weighted by molar-refractivity contribution is -0.189. The van der Waals surface area contributed by atoms with Gasteiger partial charge in [-0.25, -0.2) is 10.0 Å². The number of amides is 2.